The highest BCUT2D eigenvalue weighted by atomic mass is 19.1. The van der Waals surface area contributed by atoms with Crippen molar-refractivity contribution in [3.05, 3.63) is 94.8 Å². The lowest BCUT2D eigenvalue weighted by molar-refractivity contribution is -0.131. The highest BCUT2D eigenvalue weighted by molar-refractivity contribution is 5.91. The molecule has 3 aromatic carbocycles. The maximum Gasteiger partial charge on any atom is 0.328 e. The van der Waals surface area contributed by atoms with Gasteiger partial charge in [0.2, 0.25) is 0 Å². The molecule has 0 atom stereocenters. The first-order valence-corrected chi connectivity index (χ1v) is 15.9. The molecule has 0 radical (unpaired) electrons. The van der Waals surface area contributed by atoms with Gasteiger partial charge in [0.15, 0.2) is 11.6 Å². The summed E-state index contributed by atoms with van der Waals surface area (Å²) in [5.41, 5.74) is 3.58. The number of aliphatic carboxylic acids is 1. The molecule has 2 fully saturated rings. The van der Waals surface area contributed by atoms with Crippen molar-refractivity contribution in [2.24, 2.45) is 5.41 Å². The number of imidazole rings is 1. The molecule has 0 amide bonds. The average molecular weight is 652 g/mol. The van der Waals surface area contributed by atoms with Crippen LogP contribution in [0.15, 0.2) is 60.7 Å². The lowest BCUT2D eigenvalue weighted by Crippen LogP contribution is -2.38. The van der Waals surface area contributed by atoms with Gasteiger partial charge in [0, 0.05) is 43.1 Å². The highest BCUT2D eigenvalue weighted by Crippen LogP contribution is 2.50. The van der Waals surface area contributed by atoms with Crippen molar-refractivity contribution < 1.29 is 28.2 Å². The van der Waals surface area contributed by atoms with Gasteiger partial charge in [-0.15, -0.1) is 0 Å². The third-order valence-electron chi connectivity index (χ3n) is 9.19. The number of allylic oxidation sites excluding steroid dienone is 1. The largest absolute Gasteiger partial charge is 0.490 e. The molecule has 0 unspecified atom stereocenters. The summed E-state index contributed by atoms with van der Waals surface area (Å²) in [5, 5.41) is 27.6. The fraction of sp³-hybridized carbons (Fsp3) is 0.351. The molecule has 6 rings (SSSR count). The van der Waals surface area contributed by atoms with Crippen molar-refractivity contribution in [3.8, 4) is 23.6 Å². The van der Waals surface area contributed by atoms with Crippen LogP contribution in [0.5, 0.6) is 11.5 Å². The second-order valence-corrected chi connectivity index (χ2v) is 12.7. The number of nitrogens with zero attached hydrogens (tertiary/aromatic N) is 5. The van der Waals surface area contributed by atoms with E-state index in [-0.39, 0.29) is 35.0 Å². The Labute approximate surface area is 277 Å². The van der Waals surface area contributed by atoms with Gasteiger partial charge in [0.25, 0.3) is 0 Å². The van der Waals surface area contributed by atoms with Crippen molar-refractivity contribution in [1.29, 1.82) is 10.5 Å². The Bertz CT molecular complexity index is 1960. The molecular formula is C37H35F2N5O4. The van der Waals surface area contributed by atoms with E-state index in [1.807, 2.05) is 24.3 Å². The molecule has 4 aromatic rings. The second kappa shape index (κ2) is 13.8. The van der Waals surface area contributed by atoms with Crippen molar-refractivity contribution in [3.63, 3.8) is 0 Å². The number of carboxylic acid groups (broad SMARTS) is 1. The topological polar surface area (TPSA) is 124 Å². The fourth-order valence-corrected chi connectivity index (χ4v) is 6.21. The fourth-order valence-electron chi connectivity index (χ4n) is 6.21. The van der Waals surface area contributed by atoms with E-state index in [9.17, 15) is 23.9 Å². The molecule has 0 spiro atoms. The van der Waals surface area contributed by atoms with Crippen LogP contribution < -0.4 is 9.47 Å². The summed E-state index contributed by atoms with van der Waals surface area (Å²) < 4.78 is 42.7. The first-order valence-electron chi connectivity index (χ1n) is 15.9. The molecule has 0 bridgehead atoms. The summed E-state index contributed by atoms with van der Waals surface area (Å²) in [6.07, 6.45) is 5.09. The molecule has 2 heterocycles. The third-order valence-corrected chi connectivity index (χ3v) is 9.19. The summed E-state index contributed by atoms with van der Waals surface area (Å²) >= 11 is 0. The summed E-state index contributed by atoms with van der Waals surface area (Å²) in [7, 11) is 0. The van der Waals surface area contributed by atoms with Crippen LogP contribution in [-0.4, -0.2) is 44.7 Å². The van der Waals surface area contributed by atoms with Gasteiger partial charge in [0.05, 0.1) is 35.3 Å². The third kappa shape index (κ3) is 7.48. The predicted molar refractivity (Wildman–Crippen MR) is 174 cm³/mol. The maximum absolute atomic E-state index is 14.6. The SMILES string of the molecule is C/C(=C\C(=O)O)c1ccc2nc(CN3CCC(Oc4ccc(F)c(COc5ccc(C#N)cc5F)c4)CC3)n(CC3(CC#N)CC3)c2c1. The average Bonchev–Trinajstić information content (AvgIpc) is 3.75. The molecule has 1 aliphatic carbocycles. The monoisotopic (exact) mass is 651 g/mol. The molecule has 2 aliphatic rings. The van der Waals surface area contributed by atoms with Crippen LogP contribution in [0, 0.1) is 39.7 Å². The summed E-state index contributed by atoms with van der Waals surface area (Å²) in [6.45, 7) is 4.41. The molecule has 48 heavy (non-hydrogen) atoms. The number of nitriles is 2. The number of likely N-dealkylation sites (tertiary alicyclic amines) is 1. The van der Waals surface area contributed by atoms with Gasteiger partial charge in [-0.25, -0.2) is 18.6 Å². The van der Waals surface area contributed by atoms with Gasteiger partial charge in [0.1, 0.15) is 30.1 Å². The van der Waals surface area contributed by atoms with Gasteiger partial charge < -0.3 is 19.1 Å². The number of hydrogen-bond donors (Lipinski definition) is 1. The quantitative estimate of drug-likeness (QED) is 0.163. The number of ether oxygens (including phenoxy) is 2. The molecule has 11 heteroatoms. The van der Waals surface area contributed by atoms with Gasteiger partial charge in [-0.3, -0.25) is 4.90 Å². The van der Waals surface area contributed by atoms with Gasteiger partial charge in [-0.1, -0.05) is 6.07 Å². The molecule has 1 saturated heterocycles. The van der Waals surface area contributed by atoms with Crippen LogP contribution in [-0.2, 0) is 24.5 Å². The number of piperidine rings is 1. The van der Waals surface area contributed by atoms with E-state index in [0.717, 1.165) is 67.3 Å². The number of carbonyl (C=O) groups is 1. The van der Waals surface area contributed by atoms with Gasteiger partial charge in [-0.05, 0) is 92.3 Å². The van der Waals surface area contributed by atoms with Crippen LogP contribution in [0.25, 0.3) is 16.6 Å². The Hall–Kier alpha value is -5.26. The number of halogens is 2. The van der Waals surface area contributed by atoms with Crippen molar-refractivity contribution >= 4 is 22.6 Å². The molecule has 1 aliphatic heterocycles. The maximum atomic E-state index is 14.6. The first kappa shape index (κ1) is 32.7. The van der Waals surface area contributed by atoms with Gasteiger partial charge in [-0.2, -0.15) is 10.5 Å². The second-order valence-electron chi connectivity index (χ2n) is 12.7. The van der Waals surface area contributed by atoms with Crippen molar-refractivity contribution in [1.82, 2.24) is 14.5 Å². The van der Waals surface area contributed by atoms with Crippen molar-refractivity contribution in [2.45, 2.75) is 64.8 Å². The Balaban J connectivity index is 1.11. The van der Waals surface area contributed by atoms with E-state index in [1.54, 1.807) is 19.1 Å². The minimum absolute atomic E-state index is 0.0604. The zero-order valence-corrected chi connectivity index (χ0v) is 26.6. The molecular weight excluding hydrogens is 616 g/mol. The molecule has 1 aromatic heterocycles. The van der Waals surface area contributed by atoms with Crippen molar-refractivity contribution in [2.75, 3.05) is 13.1 Å². The number of fused-ring (bicyclic) bond motifs is 1. The Morgan fingerprint density at radius 2 is 1.88 bits per heavy atom. The molecule has 1 saturated carbocycles. The van der Waals surface area contributed by atoms with E-state index in [1.165, 1.54) is 24.3 Å². The number of aromatic nitrogens is 2. The van der Waals surface area contributed by atoms with E-state index in [4.69, 9.17) is 19.7 Å². The number of carboxylic acids is 1. The standard InChI is InChI=1S/C37H35F2N5O4/c1-24(16-36(45)46)26-3-6-32-33(19-26)44(23-37(10-11-37)12-13-40)35(42-32)21-43-14-8-28(9-15-43)48-29-4-5-30(38)27(18-29)22-47-34-7-2-25(20-41)17-31(34)39/h2-7,16-19,28H,8-12,14-15,21-23H2,1H3,(H,45,46)/b24-16+. The van der Waals surface area contributed by atoms with E-state index < -0.39 is 17.6 Å². The van der Waals surface area contributed by atoms with Crippen LogP contribution in [0.3, 0.4) is 0 Å². The van der Waals surface area contributed by atoms with E-state index in [2.05, 4.69) is 15.5 Å². The minimum atomic E-state index is -0.995. The Morgan fingerprint density at radius 3 is 2.56 bits per heavy atom. The van der Waals surface area contributed by atoms with Crippen LogP contribution >= 0.6 is 0 Å². The molecule has 9 nitrogen and oxygen atoms in total. The lowest BCUT2D eigenvalue weighted by Gasteiger charge is -2.32. The zero-order valence-electron chi connectivity index (χ0n) is 26.6. The van der Waals surface area contributed by atoms with E-state index >= 15 is 0 Å². The Kier molecular flexibility index (Phi) is 9.42. The predicted octanol–water partition coefficient (Wildman–Crippen LogP) is 6.99. The van der Waals surface area contributed by atoms with Gasteiger partial charge >= 0.3 is 5.97 Å². The van der Waals surface area contributed by atoms with Crippen LogP contribution in [0.1, 0.15) is 61.5 Å². The summed E-state index contributed by atoms with van der Waals surface area (Å²) in [5.74, 6) is -0.824. The summed E-state index contributed by atoms with van der Waals surface area (Å²) in [4.78, 5) is 18.6. The lowest BCUT2D eigenvalue weighted by atomic mass is 10.0. The number of benzene rings is 3. The summed E-state index contributed by atoms with van der Waals surface area (Å²) in [6, 6.07) is 18.3. The number of rotatable bonds is 12. The van der Waals surface area contributed by atoms with Crippen LogP contribution in [0.2, 0.25) is 0 Å². The normalized spacial score (nSPS) is 16.3. The molecule has 246 valence electrons. The van der Waals surface area contributed by atoms with Crippen LogP contribution in [0.4, 0.5) is 8.78 Å². The Morgan fingerprint density at radius 1 is 1.08 bits per heavy atom. The first-order chi connectivity index (χ1) is 23.1. The zero-order chi connectivity index (χ0) is 33.8. The smallest absolute Gasteiger partial charge is 0.328 e. The minimum Gasteiger partial charge on any atom is -0.490 e. The molecule has 1 N–H and O–H groups in total. The van der Waals surface area contributed by atoms with E-state index in [0.29, 0.717) is 30.8 Å². The number of hydrogen-bond acceptors (Lipinski definition) is 7. The highest BCUT2D eigenvalue weighted by Gasteiger charge is 2.43.